The molecule has 1 aliphatic rings. The molecule has 1 fully saturated rings. The SMILES string of the molecule is Cc1cccc(-c2noc(C(N)C3CCCCC3)n2)c1. The Kier molecular flexibility index (Phi) is 3.83. The normalized spacial score (nSPS) is 18.1. The van der Waals surface area contributed by atoms with Crippen LogP contribution in [-0.4, -0.2) is 10.1 Å². The molecule has 1 aromatic carbocycles. The van der Waals surface area contributed by atoms with Crippen LogP contribution in [0.3, 0.4) is 0 Å². The molecule has 0 amide bonds. The van der Waals surface area contributed by atoms with E-state index in [9.17, 15) is 0 Å². The minimum atomic E-state index is -0.124. The molecule has 4 heteroatoms. The average molecular weight is 271 g/mol. The number of aromatic nitrogens is 2. The lowest BCUT2D eigenvalue weighted by Gasteiger charge is -2.24. The second kappa shape index (κ2) is 5.75. The summed E-state index contributed by atoms with van der Waals surface area (Å²) in [5.41, 5.74) is 8.46. The summed E-state index contributed by atoms with van der Waals surface area (Å²) in [5.74, 6) is 1.69. The second-order valence-corrected chi connectivity index (χ2v) is 5.75. The molecule has 0 saturated heterocycles. The maximum absolute atomic E-state index is 6.29. The summed E-state index contributed by atoms with van der Waals surface area (Å²) in [7, 11) is 0. The summed E-state index contributed by atoms with van der Waals surface area (Å²) in [6.07, 6.45) is 6.18. The zero-order valence-electron chi connectivity index (χ0n) is 11.9. The summed E-state index contributed by atoms with van der Waals surface area (Å²) >= 11 is 0. The van der Waals surface area contributed by atoms with Crippen LogP contribution in [-0.2, 0) is 0 Å². The Hall–Kier alpha value is -1.68. The van der Waals surface area contributed by atoms with Crippen LogP contribution in [0, 0.1) is 12.8 Å². The molecule has 3 rings (SSSR count). The summed E-state index contributed by atoms with van der Waals surface area (Å²) in [6.45, 7) is 2.05. The van der Waals surface area contributed by atoms with E-state index in [0.29, 0.717) is 17.6 Å². The molecule has 1 aromatic heterocycles. The van der Waals surface area contributed by atoms with E-state index in [1.54, 1.807) is 0 Å². The van der Waals surface area contributed by atoms with Gasteiger partial charge in [-0.1, -0.05) is 48.2 Å². The lowest BCUT2D eigenvalue weighted by molar-refractivity contribution is 0.255. The zero-order chi connectivity index (χ0) is 13.9. The third kappa shape index (κ3) is 2.75. The number of rotatable bonds is 3. The van der Waals surface area contributed by atoms with Gasteiger partial charge in [0.2, 0.25) is 11.7 Å². The predicted molar refractivity (Wildman–Crippen MR) is 78.0 cm³/mol. The van der Waals surface area contributed by atoms with Crippen LogP contribution in [0.15, 0.2) is 28.8 Å². The molecule has 0 aliphatic heterocycles. The molecule has 0 bridgehead atoms. The van der Waals surface area contributed by atoms with Gasteiger partial charge < -0.3 is 10.3 Å². The van der Waals surface area contributed by atoms with Crippen molar-refractivity contribution in [2.24, 2.45) is 11.7 Å². The van der Waals surface area contributed by atoms with Crippen LogP contribution in [0.4, 0.5) is 0 Å². The lowest BCUT2D eigenvalue weighted by Crippen LogP contribution is -2.23. The van der Waals surface area contributed by atoms with Crippen molar-refractivity contribution in [1.82, 2.24) is 10.1 Å². The van der Waals surface area contributed by atoms with Crippen molar-refractivity contribution in [3.05, 3.63) is 35.7 Å². The maximum atomic E-state index is 6.29. The Morgan fingerprint density at radius 3 is 2.80 bits per heavy atom. The standard InChI is InChI=1S/C16H21N3O/c1-11-6-5-9-13(10-11)15-18-16(20-19-15)14(17)12-7-3-2-4-8-12/h5-6,9-10,12,14H,2-4,7-8,17H2,1H3. The molecule has 0 radical (unpaired) electrons. The van der Waals surface area contributed by atoms with E-state index in [2.05, 4.69) is 29.2 Å². The van der Waals surface area contributed by atoms with Crippen LogP contribution >= 0.6 is 0 Å². The Bertz CT molecular complexity index is 573. The fourth-order valence-electron chi connectivity index (χ4n) is 2.97. The quantitative estimate of drug-likeness (QED) is 0.925. The molecule has 2 aromatic rings. The minimum absolute atomic E-state index is 0.124. The first-order valence-electron chi connectivity index (χ1n) is 7.40. The number of benzene rings is 1. The third-order valence-electron chi connectivity index (χ3n) is 4.16. The summed E-state index contributed by atoms with van der Waals surface area (Å²) < 4.78 is 5.39. The van der Waals surface area contributed by atoms with Crippen LogP contribution in [0.5, 0.6) is 0 Å². The molecule has 106 valence electrons. The maximum Gasteiger partial charge on any atom is 0.244 e. The molecular formula is C16H21N3O. The Morgan fingerprint density at radius 1 is 1.25 bits per heavy atom. The molecular weight excluding hydrogens is 250 g/mol. The first-order valence-corrected chi connectivity index (χ1v) is 7.40. The van der Waals surface area contributed by atoms with Gasteiger partial charge in [-0.05, 0) is 31.7 Å². The van der Waals surface area contributed by atoms with E-state index < -0.39 is 0 Å². The molecule has 1 unspecified atom stereocenters. The highest BCUT2D eigenvalue weighted by atomic mass is 16.5. The van der Waals surface area contributed by atoms with E-state index in [1.807, 2.05) is 12.1 Å². The first kappa shape index (κ1) is 13.3. The lowest BCUT2D eigenvalue weighted by atomic mass is 9.84. The topological polar surface area (TPSA) is 64.9 Å². The van der Waals surface area contributed by atoms with Crippen LogP contribution < -0.4 is 5.73 Å². The predicted octanol–water partition coefficient (Wildman–Crippen LogP) is 3.63. The van der Waals surface area contributed by atoms with E-state index in [1.165, 1.54) is 37.7 Å². The molecule has 1 heterocycles. The number of hydrogen-bond acceptors (Lipinski definition) is 4. The van der Waals surface area contributed by atoms with E-state index in [0.717, 1.165) is 5.56 Å². The smallest absolute Gasteiger partial charge is 0.244 e. The van der Waals surface area contributed by atoms with Gasteiger partial charge in [0.25, 0.3) is 0 Å². The average Bonchev–Trinajstić information content (AvgIpc) is 2.97. The Labute approximate surface area is 119 Å². The highest BCUT2D eigenvalue weighted by Gasteiger charge is 2.26. The van der Waals surface area contributed by atoms with Gasteiger partial charge in [-0.15, -0.1) is 0 Å². The van der Waals surface area contributed by atoms with E-state index in [4.69, 9.17) is 10.3 Å². The second-order valence-electron chi connectivity index (χ2n) is 5.75. The van der Waals surface area contributed by atoms with Crippen LogP contribution in [0.25, 0.3) is 11.4 Å². The van der Waals surface area contributed by atoms with Gasteiger partial charge in [0.05, 0.1) is 6.04 Å². The molecule has 2 N–H and O–H groups in total. The van der Waals surface area contributed by atoms with Gasteiger partial charge in [-0.3, -0.25) is 0 Å². The van der Waals surface area contributed by atoms with Gasteiger partial charge in [0, 0.05) is 5.56 Å². The van der Waals surface area contributed by atoms with Crippen molar-refractivity contribution < 1.29 is 4.52 Å². The highest BCUT2D eigenvalue weighted by Crippen LogP contribution is 2.32. The van der Waals surface area contributed by atoms with Crippen molar-refractivity contribution in [3.63, 3.8) is 0 Å². The molecule has 1 atom stereocenters. The molecule has 1 aliphatic carbocycles. The first-order chi connectivity index (χ1) is 9.74. The van der Waals surface area contributed by atoms with Crippen molar-refractivity contribution in [1.29, 1.82) is 0 Å². The number of aryl methyl sites for hydroxylation is 1. The highest BCUT2D eigenvalue weighted by molar-refractivity contribution is 5.55. The monoisotopic (exact) mass is 271 g/mol. The van der Waals surface area contributed by atoms with Crippen molar-refractivity contribution in [3.8, 4) is 11.4 Å². The zero-order valence-corrected chi connectivity index (χ0v) is 11.9. The van der Waals surface area contributed by atoms with Gasteiger partial charge in [-0.2, -0.15) is 4.98 Å². The Balaban J connectivity index is 1.79. The van der Waals surface area contributed by atoms with Gasteiger partial charge in [0.1, 0.15) is 0 Å². The fourth-order valence-corrected chi connectivity index (χ4v) is 2.97. The Morgan fingerprint density at radius 2 is 2.05 bits per heavy atom. The van der Waals surface area contributed by atoms with Crippen LogP contribution in [0.1, 0.15) is 49.6 Å². The van der Waals surface area contributed by atoms with Crippen LogP contribution in [0.2, 0.25) is 0 Å². The largest absolute Gasteiger partial charge is 0.337 e. The van der Waals surface area contributed by atoms with Crippen molar-refractivity contribution in [2.75, 3.05) is 0 Å². The number of nitrogens with two attached hydrogens (primary N) is 1. The molecule has 1 saturated carbocycles. The fraction of sp³-hybridized carbons (Fsp3) is 0.500. The van der Waals surface area contributed by atoms with Gasteiger partial charge in [0.15, 0.2) is 0 Å². The number of nitrogens with zero attached hydrogens (tertiary/aromatic N) is 2. The van der Waals surface area contributed by atoms with Crippen molar-refractivity contribution >= 4 is 0 Å². The number of hydrogen-bond donors (Lipinski definition) is 1. The molecule has 0 spiro atoms. The summed E-state index contributed by atoms with van der Waals surface area (Å²) in [5, 5.41) is 4.08. The molecule has 4 nitrogen and oxygen atoms in total. The van der Waals surface area contributed by atoms with Gasteiger partial charge >= 0.3 is 0 Å². The summed E-state index contributed by atoms with van der Waals surface area (Å²) in [4.78, 5) is 4.49. The third-order valence-corrected chi connectivity index (χ3v) is 4.16. The summed E-state index contributed by atoms with van der Waals surface area (Å²) in [6, 6.07) is 7.98. The van der Waals surface area contributed by atoms with Gasteiger partial charge in [-0.25, -0.2) is 0 Å². The van der Waals surface area contributed by atoms with Crippen molar-refractivity contribution in [2.45, 2.75) is 45.1 Å². The molecule has 20 heavy (non-hydrogen) atoms. The van der Waals surface area contributed by atoms with E-state index in [-0.39, 0.29) is 6.04 Å². The van der Waals surface area contributed by atoms with E-state index >= 15 is 0 Å². The minimum Gasteiger partial charge on any atom is -0.337 e.